The van der Waals surface area contributed by atoms with Crippen LogP contribution in [0.15, 0.2) is 97.3 Å². The first-order valence-electron chi connectivity index (χ1n) is 16.0. The molecule has 5 aromatic rings. The van der Waals surface area contributed by atoms with Crippen molar-refractivity contribution in [3.63, 3.8) is 0 Å². The first kappa shape index (κ1) is 32.1. The Morgan fingerprint density at radius 2 is 1.55 bits per heavy atom. The lowest BCUT2D eigenvalue weighted by atomic mass is 9.91. The molecular weight excluding hydrogens is 594 g/mol. The number of hydrogen-bond acceptors (Lipinski definition) is 9. The Morgan fingerprint density at radius 3 is 2.17 bits per heavy atom. The first-order valence-corrected chi connectivity index (χ1v) is 16.0. The Balaban J connectivity index is 1.37. The van der Waals surface area contributed by atoms with Gasteiger partial charge >= 0.3 is 0 Å². The predicted octanol–water partition coefficient (Wildman–Crippen LogP) is 3.63. The normalized spacial score (nSPS) is 20.0. The topological polar surface area (TPSA) is 149 Å². The molecule has 1 saturated carbocycles. The quantitative estimate of drug-likeness (QED) is 0.130. The third-order valence-electron chi connectivity index (χ3n) is 8.99. The van der Waals surface area contributed by atoms with Crippen molar-refractivity contribution in [2.75, 3.05) is 23.8 Å². The highest BCUT2D eigenvalue weighted by atomic mass is 16.3. The van der Waals surface area contributed by atoms with Crippen LogP contribution in [0, 0.1) is 0 Å². The van der Waals surface area contributed by atoms with Crippen LogP contribution in [0.1, 0.15) is 48.4 Å². The van der Waals surface area contributed by atoms with Crippen LogP contribution in [-0.2, 0) is 11.2 Å². The van der Waals surface area contributed by atoms with Gasteiger partial charge in [-0.3, -0.25) is 4.79 Å². The molecule has 0 aliphatic heterocycles. The molecule has 6 rings (SSSR count). The van der Waals surface area contributed by atoms with Gasteiger partial charge in [0.2, 0.25) is 11.9 Å². The number of likely N-dealkylation sites (N-methyl/N-ethyl adjacent to an activating group) is 1. The Bertz CT molecular complexity index is 1730. The van der Waals surface area contributed by atoms with Gasteiger partial charge in [-0.1, -0.05) is 97.9 Å². The Kier molecular flexibility index (Phi) is 9.76. The van der Waals surface area contributed by atoms with Gasteiger partial charge < -0.3 is 35.4 Å². The molecule has 0 unspecified atom stereocenters. The number of nitrogens with zero attached hydrogens (tertiary/aromatic N) is 5. The molecule has 0 saturated heterocycles. The highest BCUT2D eigenvalue weighted by Crippen LogP contribution is 2.35. The van der Waals surface area contributed by atoms with Gasteiger partial charge in [0, 0.05) is 32.4 Å². The summed E-state index contributed by atoms with van der Waals surface area (Å²) >= 11 is 0. The van der Waals surface area contributed by atoms with Gasteiger partial charge in [-0.2, -0.15) is 9.97 Å². The van der Waals surface area contributed by atoms with Gasteiger partial charge in [0.15, 0.2) is 17.0 Å². The number of hydrogen-bond donors (Lipinski definition) is 5. The van der Waals surface area contributed by atoms with E-state index < -0.39 is 30.5 Å². The summed E-state index contributed by atoms with van der Waals surface area (Å²) in [5.41, 5.74) is 4.17. The number of rotatable bonds is 12. The summed E-state index contributed by atoms with van der Waals surface area (Å²) in [7, 11) is 1.74. The molecule has 5 N–H and O–H groups in total. The van der Waals surface area contributed by atoms with E-state index in [1.807, 2.05) is 66.7 Å². The zero-order chi connectivity index (χ0) is 32.9. The Hall–Kier alpha value is -4.84. The van der Waals surface area contributed by atoms with Crippen molar-refractivity contribution in [1.82, 2.24) is 24.8 Å². The molecule has 1 aliphatic carbocycles. The molecule has 3 aromatic carbocycles. The third-order valence-corrected chi connectivity index (χ3v) is 8.99. The summed E-state index contributed by atoms with van der Waals surface area (Å²) in [5, 5.41) is 39.5. The molecule has 5 atom stereocenters. The van der Waals surface area contributed by atoms with E-state index in [1.54, 1.807) is 29.8 Å². The molecule has 0 bridgehead atoms. The van der Waals surface area contributed by atoms with E-state index in [9.17, 15) is 20.1 Å². The molecule has 2 aromatic heterocycles. The number of carbonyl (C=O) groups excluding carboxylic acids is 1. The molecule has 11 nitrogen and oxygen atoms in total. The zero-order valence-corrected chi connectivity index (χ0v) is 26.5. The van der Waals surface area contributed by atoms with Crippen LogP contribution >= 0.6 is 0 Å². The summed E-state index contributed by atoms with van der Waals surface area (Å²) < 4.78 is 1.74. The average Bonchev–Trinajstić information content (AvgIpc) is 3.65. The number of anilines is 2. The molecule has 0 radical (unpaired) electrons. The minimum absolute atomic E-state index is 0.00379. The number of aliphatic hydroxyl groups excluding tert-OH is 3. The number of aliphatic hydroxyl groups is 3. The van der Waals surface area contributed by atoms with Gasteiger partial charge in [-0.25, -0.2) is 4.98 Å². The fourth-order valence-corrected chi connectivity index (χ4v) is 6.26. The third kappa shape index (κ3) is 6.97. The van der Waals surface area contributed by atoms with Crippen LogP contribution in [0.3, 0.4) is 0 Å². The molecule has 11 heteroatoms. The van der Waals surface area contributed by atoms with Gasteiger partial charge in [-0.15, -0.1) is 0 Å². The van der Waals surface area contributed by atoms with Crippen LogP contribution < -0.4 is 15.5 Å². The summed E-state index contributed by atoms with van der Waals surface area (Å²) in [6.07, 6.45) is -0.728. The van der Waals surface area contributed by atoms with Gasteiger partial charge in [0.05, 0.1) is 18.4 Å². The maximum Gasteiger partial charge on any atom is 0.231 e. The highest BCUT2D eigenvalue weighted by Gasteiger charge is 2.43. The Morgan fingerprint density at radius 1 is 0.936 bits per heavy atom. The van der Waals surface area contributed by atoms with Crippen molar-refractivity contribution in [2.24, 2.45) is 0 Å². The van der Waals surface area contributed by atoms with Crippen LogP contribution in [0.4, 0.5) is 11.8 Å². The number of benzene rings is 3. The lowest BCUT2D eigenvalue weighted by molar-refractivity contribution is -0.122. The minimum atomic E-state index is -1.16. The van der Waals surface area contributed by atoms with Crippen molar-refractivity contribution in [1.29, 1.82) is 0 Å². The Labute approximate surface area is 274 Å². The molecular formula is C36H41N7O4. The highest BCUT2D eigenvalue weighted by molar-refractivity contribution is 5.84. The molecule has 0 spiro atoms. The molecule has 244 valence electrons. The molecule has 47 heavy (non-hydrogen) atoms. The maximum absolute atomic E-state index is 12.1. The molecule has 1 amide bonds. The van der Waals surface area contributed by atoms with Crippen LogP contribution in [-0.4, -0.2) is 78.8 Å². The number of aromatic nitrogens is 4. The smallest absolute Gasteiger partial charge is 0.231 e. The summed E-state index contributed by atoms with van der Waals surface area (Å²) in [4.78, 5) is 28.1. The lowest BCUT2D eigenvalue weighted by Gasteiger charge is -2.25. The summed E-state index contributed by atoms with van der Waals surface area (Å²) in [5.74, 6) is 0.547. The number of fused-ring (bicyclic) bond motifs is 1. The van der Waals surface area contributed by atoms with Gasteiger partial charge in [0.1, 0.15) is 18.4 Å². The van der Waals surface area contributed by atoms with Crippen molar-refractivity contribution >= 4 is 28.8 Å². The predicted molar refractivity (Wildman–Crippen MR) is 181 cm³/mol. The second kappa shape index (κ2) is 14.3. The van der Waals surface area contributed by atoms with Gasteiger partial charge in [-0.05, 0) is 23.1 Å². The fourth-order valence-electron chi connectivity index (χ4n) is 6.26. The number of carbonyl (C=O) groups is 1. The van der Waals surface area contributed by atoms with E-state index in [0.29, 0.717) is 29.9 Å². The first-order chi connectivity index (χ1) is 22.8. The summed E-state index contributed by atoms with van der Waals surface area (Å²) in [6, 6.07) is 29.0. The number of imidazole rings is 1. The largest absolute Gasteiger partial charge is 0.388 e. The minimum Gasteiger partial charge on any atom is -0.388 e. The van der Waals surface area contributed by atoms with E-state index in [-0.39, 0.29) is 30.6 Å². The molecule has 2 heterocycles. The SMILES string of the molecule is CCC(=O)N[C@H]1C[C@@H](n2cnc3c(NCC(c4ccccc4)c4ccccc4)nc(N(C)[C@@H](O)Cc4ccccc4)nc32)[C@H](O)[C@@H]1O. The maximum atomic E-state index is 12.1. The molecule has 1 aliphatic rings. The lowest BCUT2D eigenvalue weighted by Crippen LogP contribution is -2.42. The van der Waals surface area contributed by atoms with Crippen molar-refractivity contribution in [2.45, 2.75) is 62.6 Å². The van der Waals surface area contributed by atoms with Crippen LogP contribution in [0.2, 0.25) is 0 Å². The fraction of sp³-hybridized carbons (Fsp3) is 0.333. The van der Waals surface area contributed by atoms with Crippen LogP contribution in [0.5, 0.6) is 0 Å². The second-order valence-electron chi connectivity index (χ2n) is 12.0. The zero-order valence-electron chi connectivity index (χ0n) is 26.5. The van der Waals surface area contributed by atoms with E-state index in [2.05, 4.69) is 39.9 Å². The van der Waals surface area contributed by atoms with E-state index >= 15 is 0 Å². The standard InChI is InChI=1S/C36H41N7O4/c1-3-29(44)39-27-20-28(33(47)32(27)46)43-22-38-31-34(37-21-26(24-15-9-5-10-16-24)25-17-11-6-12-18-25)40-36(41-35(31)43)42(2)30(45)19-23-13-7-4-8-14-23/h4-18,22,26-28,30,32-33,45-47H,3,19-21H2,1-2H3,(H,39,44)(H,37,40,41)/t27-,28+,30-,32+,33-/m0/s1. The molecule has 1 fully saturated rings. The van der Waals surface area contributed by atoms with E-state index in [0.717, 1.165) is 16.7 Å². The van der Waals surface area contributed by atoms with E-state index in [1.165, 1.54) is 0 Å². The van der Waals surface area contributed by atoms with Gasteiger partial charge in [0.25, 0.3) is 0 Å². The van der Waals surface area contributed by atoms with Crippen molar-refractivity contribution < 1.29 is 20.1 Å². The van der Waals surface area contributed by atoms with E-state index in [4.69, 9.17) is 9.97 Å². The second-order valence-corrected chi connectivity index (χ2v) is 12.0. The van der Waals surface area contributed by atoms with Crippen molar-refractivity contribution in [3.05, 3.63) is 114 Å². The number of nitrogens with one attached hydrogen (secondary N) is 2. The van der Waals surface area contributed by atoms with Crippen LogP contribution in [0.25, 0.3) is 11.2 Å². The monoisotopic (exact) mass is 635 g/mol. The summed E-state index contributed by atoms with van der Waals surface area (Å²) in [6.45, 7) is 2.24. The average molecular weight is 636 g/mol. The van der Waals surface area contributed by atoms with Crippen molar-refractivity contribution in [3.8, 4) is 0 Å². The number of amides is 1.